The Morgan fingerprint density at radius 1 is 1.18 bits per heavy atom. The molecule has 13 nitrogen and oxygen atoms in total. The van der Waals surface area contributed by atoms with Crippen molar-refractivity contribution in [2.75, 3.05) is 13.7 Å². The van der Waals surface area contributed by atoms with E-state index in [1.54, 1.807) is 30.3 Å². The Balaban J connectivity index is 1.29. The molecule has 0 saturated carbocycles. The predicted molar refractivity (Wildman–Crippen MR) is 135 cm³/mol. The van der Waals surface area contributed by atoms with Crippen LogP contribution in [0.25, 0.3) is 22.0 Å². The number of para-hydroxylation sites is 1. The average Bonchev–Trinajstić information content (AvgIpc) is 3.33. The van der Waals surface area contributed by atoms with Gasteiger partial charge in [0.05, 0.1) is 31.3 Å². The number of nitro benzene ring substituents is 1. The van der Waals surface area contributed by atoms with Crippen molar-refractivity contribution in [1.82, 2.24) is 24.6 Å². The number of ether oxygens (including phenoxy) is 1. The molecule has 5 aromatic rings. The number of methoxy groups -OCH3 is 1. The minimum Gasteiger partial charge on any atom is -0.493 e. The van der Waals surface area contributed by atoms with Gasteiger partial charge in [0.15, 0.2) is 17.0 Å². The van der Waals surface area contributed by atoms with Crippen LogP contribution in [0.2, 0.25) is 0 Å². The standard InChI is InChI=1S/C25H20N6O7/c1-37-20-7-3-5-16-11-18(25(34)38-21(16)20)23(32)26-8-9-30-22-19(12-28-30)24(33)29(14-27-22)13-15-4-2-6-17(10-15)31(35)36/h2-7,10-12,14H,8-9,13H2,1H3,(H,26,32). The summed E-state index contributed by atoms with van der Waals surface area (Å²) in [7, 11) is 1.45. The second-order valence-corrected chi connectivity index (χ2v) is 8.29. The van der Waals surface area contributed by atoms with Crippen LogP contribution in [-0.4, -0.2) is 43.8 Å². The summed E-state index contributed by atoms with van der Waals surface area (Å²) in [5.74, 6) is -0.235. The fraction of sp³-hybridized carbons (Fsp3) is 0.160. The summed E-state index contributed by atoms with van der Waals surface area (Å²) >= 11 is 0. The molecule has 2 aromatic carbocycles. The van der Waals surface area contributed by atoms with Gasteiger partial charge in [-0.1, -0.05) is 24.3 Å². The van der Waals surface area contributed by atoms with E-state index in [1.807, 2.05) is 0 Å². The van der Waals surface area contributed by atoms with Gasteiger partial charge in [0.1, 0.15) is 17.3 Å². The third-order valence-electron chi connectivity index (χ3n) is 5.89. The van der Waals surface area contributed by atoms with Crippen LogP contribution in [0.1, 0.15) is 15.9 Å². The summed E-state index contributed by atoms with van der Waals surface area (Å²) in [4.78, 5) is 52.8. The fourth-order valence-corrected chi connectivity index (χ4v) is 4.05. The molecule has 0 bridgehead atoms. The lowest BCUT2D eigenvalue weighted by Crippen LogP contribution is -2.31. The zero-order valence-corrected chi connectivity index (χ0v) is 20.0. The third kappa shape index (κ3) is 4.59. The van der Waals surface area contributed by atoms with Crippen molar-refractivity contribution in [3.8, 4) is 5.75 Å². The number of hydrogen-bond donors (Lipinski definition) is 1. The number of aromatic nitrogens is 4. The van der Waals surface area contributed by atoms with Gasteiger partial charge in [0, 0.05) is 24.1 Å². The van der Waals surface area contributed by atoms with Crippen molar-refractivity contribution in [3.63, 3.8) is 0 Å². The Morgan fingerprint density at radius 3 is 2.79 bits per heavy atom. The lowest BCUT2D eigenvalue weighted by Gasteiger charge is -2.08. The molecule has 0 aliphatic rings. The van der Waals surface area contributed by atoms with E-state index in [4.69, 9.17) is 9.15 Å². The topological polar surface area (TPSA) is 164 Å². The van der Waals surface area contributed by atoms with Gasteiger partial charge >= 0.3 is 5.63 Å². The minimum atomic E-state index is -0.796. The highest BCUT2D eigenvalue weighted by atomic mass is 16.6. The second kappa shape index (κ2) is 9.97. The number of non-ortho nitro benzene ring substituents is 1. The van der Waals surface area contributed by atoms with Gasteiger partial charge in [-0.15, -0.1) is 0 Å². The number of carbonyl (C=O) groups is 1. The van der Waals surface area contributed by atoms with Crippen LogP contribution < -0.4 is 21.2 Å². The number of hydrogen-bond acceptors (Lipinski definition) is 9. The van der Waals surface area contributed by atoms with Gasteiger partial charge in [-0.05, 0) is 17.7 Å². The molecule has 38 heavy (non-hydrogen) atoms. The quantitative estimate of drug-likeness (QED) is 0.185. The van der Waals surface area contributed by atoms with Gasteiger partial charge in [0.2, 0.25) is 0 Å². The Morgan fingerprint density at radius 2 is 2.00 bits per heavy atom. The van der Waals surface area contributed by atoms with Crippen molar-refractivity contribution in [1.29, 1.82) is 0 Å². The first-order valence-electron chi connectivity index (χ1n) is 11.4. The largest absolute Gasteiger partial charge is 0.493 e. The van der Waals surface area contributed by atoms with Crippen LogP contribution in [0.15, 0.2) is 75.1 Å². The van der Waals surface area contributed by atoms with Crippen molar-refractivity contribution in [2.45, 2.75) is 13.1 Å². The maximum Gasteiger partial charge on any atom is 0.349 e. The number of amides is 1. The van der Waals surface area contributed by atoms with Crippen molar-refractivity contribution < 1.29 is 18.9 Å². The van der Waals surface area contributed by atoms with Gasteiger partial charge in [0.25, 0.3) is 17.2 Å². The first-order valence-corrected chi connectivity index (χ1v) is 11.4. The summed E-state index contributed by atoms with van der Waals surface area (Å²) in [6, 6.07) is 12.5. The smallest absolute Gasteiger partial charge is 0.349 e. The SMILES string of the molecule is COc1cccc2cc(C(=O)NCCn3ncc4c(=O)n(Cc5cccc([N+](=O)[O-])c5)cnc43)c(=O)oc12. The zero-order chi connectivity index (χ0) is 26.8. The van der Waals surface area contributed by atoms with Crippen LogP contribution in [0.5, 0.6) is 5.75 Å². The maximum atomic E-state index is 12.9. The minimum absolute atomic E-state index is 0.0689. The van der Waals surface area contributed by atoms with Crippen LogP contribution in [0.3, 0.4) is 0 Å². The normalized spacial score (nSPS) is 11.1. The van der Waals surface area contributed by atoms with Crippen LogP contribution >= 0.6 is 0 Å². The number of nitrogens with one attached hydrogen (secondary N) is 1. The molecule has 5 rings (SSSR count). The van der Waals surface area contributed by atoms with E-state index in [2.05, 4.69) is 15.4 Å². The molecule has 3 aromatic heterocycles. The van der Waals surface area contributed by atoms with Crippen LogP contribution in [0, 0.1) is 10.1 Å². The number of benzene rings is 2. The summed E-state index contributed by atoms with van der Waals surface area (Å²) < 4.78 is 13.3. The highest BCUT2D eigenvalue weighted by molar-refractivity contribution is 5.97. The van der Waals surface area contributed by atoms with E-state index in [1.165, 1.54) is 47.1 Å². The Kier molecular flexibility index (Phi) is 6.39. The summed E-state index contributed by atoms with van der Waals surface area (Å²) in [6.45, 7) is 0.387. The van der Waals surface area contributed by atoms with Crippen molar-refractivity contribution >= 4 is 33.6 Å². The van der Waals surface area contributed by atoms with Crippen molar-refractivity contribution in [2.24, 2.45) is 0 Å². The molecule has 0 aliphatic heterocycles. The first kappa shape index (κ1) is 24.4. The van der Waals surface area contributed by atoms with Gasteiger partial charge in [-0.3, -0.25) is 24.3 Å². The molecule has 1 amide bonds. The Hall–Kier alpha value is -5.33. The Labute approximate surface area is 213 Å². The van der Waals surface area contributed by atoms with E-state index >= 15 is 0 Å². The van der Waals surface area contributed by atoms with E-state index in [9.17, 15) is 24.5 Å². The molecule has 1 N–H and O–H groups in total. The number of fused-ring (bicyclic) bond motifs is 2. The number of rotatable bonds is 8. The number of carbonyl (C=O) groups excluding carboxylic acids is 1. The molecular formula is C25H20N6O7. The highest BCUT2D eigenvalue weighted by Gasteiger charge is 2.16. The van der Waals surface area contributed by atoms with Gasteiger partial charge < -0.3 is 14.5 Å². The summed E-state index contributed by atoms with van der Waals surface area (Å²) in [5.41, 5.74) is -0.234. The molecule has 0 atom stereocenters. The molecule has 0 saturated heterocycles. The van der Waals surface area contributed by atoms with E-state index in [0.717, 1.165) is 0 Å². The second-order valence-electron chi connectivity index (χ2n) is 8.29. The molecule has 3 heterocycles. The maximum absolute atomic E-state index is 12.9. The van der Waals surface area contributed by atoms with Crippen molar-refractivity contribution in [3.05, 3.63) is 103 Å². The van der Waals surface area contributed by atoms with E-state index in [-0.39, 0.29) is 47.4 Å². The van der Waals surface area contributed by atoms with E-state index in [0.29, 0.717) is 22.3 Å². The number of nitro groups is 1. The zero-order valence-electron chi connectivity index (χ0n) is 20.0. The predicted octanol–water partition coefficient (Wildman–Crippen LogP) is 2.09. The van der Waals surface area contributed by atoms with E-state index < -0.39 is 16.5 Å². The lowest BCUT2D eigenvalue weighted by molar-refractivity contribution is -0.384. The van der Waals surface area contributed by atoms with Crippen LogP contribution in [-0.2, 0) is 13.1 Å². The van der Waals surface area contributed by atoms with Crippen LogP contribution in [0.4, 0.5) is 5.69 Å². The fourth-order valence-electron chi connectivity index (χ4n) is 4.05. The van der Waals surface area contributed by atoms with Gasteiger partial charge in [-0.25, -0.2) is 14.5 Å². The molecule has 0 aliphatic carbocycles. The molecule has 0 spiro atoms. The molecular weight excluding hydrogens is 496 g/mol. The summed E-state index contributed by atoms with van der Waals surface area (Å²) in [6.07, 6.45) is 2.72. The van der Waals surface area contributed by atoms with Gasteiger partial charge in [-0.2, -0.15) is 5.10 Å². The lowest BCUT2D eigenvalue weighted by atomic mass is 10.1. The molecule has 192 valence electrons. The first-order chi connectivity index (χ1) is 18.4. The molecule has 0 fully saturated rings. The monoisotopic (exact) mass is 516 g/mol. The number of nitrogens with zero attached hydrogens (tertiary/aromatic N) is 5. The highest BCUT2D eigenvalue weighted by Crippen LogP contribution is 2.24. The Bertz CT molecular complexity index is 1820. The molecule has 0 unspecified atom stereocenters. The third-order valence-corrected chi connectivity index (χ3v) is 5.89. The molecule has 13 heteroatoms. The summed E-state index contributed by atoms with van der Waals surface area (Å²) in [5, 5.41) is 18.7. The molecule has 0 radical (unpaired) electrons. The average molecular weight is 516 g/mol.